The predicted octanol–water partition coefficient (Wildman–Crippen LogP) is 0.442. The van der Waals surface area contributed by atoms with Crippen LogP contribution in [0.3, 0.4) is 0 Å². The Labute approximate surface area is 221 Å². The molecule has 202 valence electrons. The molecular weight excluding hydrogens is 510 g/mol. The molecule has 0 heterocycles. The molecule has 5 rings (SSSR count). The lowest BCUT2D eigenvalue weighted by molar-refractivity contribution is -0.384. The molecule has 2 saturated carbocycles. The fraction of sp³-hybridized carbons (Fsp3) is 0.370. The average molecular weight is 536 g/mol. The van der Waals surface area contributed by atoms with E-state index in [1.54, 1.807) is 6.07 Å². The zero-order valence-corrected chi connectivity index (χ0v) is 21.0. The van der Waals surface area contributed by atoms with Crippen molar-refractivity contribution in [3.05, 3.63) is 57.6 Å². The van der Waals surface area contributed by atoms with Crippen LogP contribution < -0.4 is 5.73 Å². The van der Waals surface area contributed by atoms with Gasteiger partial charge in [-0.15, -0.1) is 0 Å². The van der Waals surface area contributed by atoms with Gasteiger partial charge in [0, 0.05) is 18.1 Å². The molecule has 12 heteroatoms. The first-order valence-electron chi connectivity index (χ1n) is 12.2. The molecular formula is C27H25N3O9. The van der Waals surface area contributed by atoms with E-state index in [1.165, 1.54) is 49.3 Å². The number of non-ortho nitro benzene ring substituents is 1. The number of hydrogen-bond acceptors (Lipinski definition) is 10. The molecule has 3 aliphatic rings. The van der Waals surface area contributed by atoms with Crippen molar-refractivity contribution in [2.24, 2.45) is 29.4 Å². The lowest BCUT2D eigenvalue weighted by Gasteiger charge is -2.52. The molecule has 12 nitrogen and oxygen atoms in total. The third kappa shape index (κ3) is 3.62. The van der Waals surface area contributed by atoms with Gasteiger partial charge in [-0.1, -0.05) is 18.2 Å². The number of fused-ring (bicyclic) bond motifs is 3. The number of carbonyl (C=O) groups is 5. The first-order valence-corrected chi connectivity index (χ1v) is 12.2. The quantitative estimate of drug-likeness (QED) is 0.280. The average Bonchev–Trinajstić information content (AvgIpc) is 2.86. The van der Waals surface area contributed by atoms with Crippen molar-refractivity contribution >= 4 is 34.7 Å². The van der Waals surface area contributed by atoms with Crippen LogP contribution in [-0.4, -0.2) is 74.8 Å². The Balaban J connectivity index is 1.66. The van der Waals surface area contributed by atoms with E-state index in [0.29, 0.717) is 16.7 Å². The number of nitro groups is 1. The first-order chi connectivity index (χ1) is 18.3. The van der Waals surface area contributed by atoms with Crippen LogP contribution in [0.2, 0.25) is 0 Å². The normalized spacial score (nSPS) is 30.0. The summed E-state index contributed by atoms with van der Waals surface area (Å²) in [5.41, 5.74) is 3.39. The van der Waals surface area contributed by atoms with Crippen molar-refractivity contribution in [3.63, 3.8) is 0 Å². The van der Waals surface area contributed by atoms with E-state index in [-0.39, 0.29) is 24.1 Å². The lowest BCUT2D eigenvalue weighted by Crippen LogP contribution is -2.74. The number of benzene rings is 2. The summed E-state index contributed by atoms with van der Waals surface area (Å²) in [5, 5.41) is 33.6. The number of primary amides is 1. The van der Waals surface area contributed by atoms with Crippen molar-refractivity contribution < 1.29 is 39.1 Å². The maximum atomic E-state index is 13.8. The highest BCUT2D eigenvalue weighted by atomic mass is 16.6. The zero-order chi connectivity index (χ0) is 28.5. The zero-order valence-electron chi connectivity index (χ0n) is 21.0. The number of ketones is 4. The van der Waals surface area contributed by atoms with Crippen molar-refractivity contribution in [3.8, 4) is 16.9 Å². The number of phenolic OH excluding ortho intramolecular Hbond substituents is 1. The number of Topliss-reactive ketones (excluding diaryl/α,β-unsaturated/α-hetero) is 4. The minimum atomic E-state index is -2.80. The van der Waals surface area contributed by atoms with Crippen LogP contribution in [-0.2, 0) is 25.6 Å². The largest absolute Gasteiger partial charge is 0.507 e. The first kappa shape index (κ1) is 26.3. The van der Waals surface area contributed by atoms with Gasteiger partial charge in [0.2, 0.25) is 5.91 Å². The molecule has 0 spiro atoms. The Morgan fingerprint density at radius 3 is 2.44 bits per heavy atom. The highest BCUT2D eigenvalue weighted by Crippen LogP contribution is 2.51. The van der Waals surface area contributed by atoms with Gasteiger partial charge < -0.3 is 15.9 Å². The molecule has 2 aromatic rings. The van der Waals surface area contributed by atoms with Gasteiger partial charge in [0.15, 0.2) is 34.7 Å². The maximum absolute atomic E-state index is 13.8. The second kappa shape index (κ2) is 8.89. The smallest absolute Gasteiger partial charge is 0.270 e. The molecule has 6 atom stereocenters. The summed E-state index contributed by atoms with van der Waals surface area (Å²) in [6, 6.07) is 7.31. The molecule has 0 aromatic heterocycles. The number of aliphatic hydroxyl groups is 1. The number of nitrogens with zero attached hydrogens (tertiary/aromatic N) is 2. The highest BCUT2D eigenvalue weighted by molar-refractivity contribution is 6.32. The summed E-state index contributed by atoms with van der Waals surface area (Å²) in [6.07, 6.45) is -0.0355. The summed E-state index contributed by atoms with van der Waals surface area (Å²) >= 11 is 0. The van der Waals surface area contributed by atoms with E-state index in [1.807, 2.05) is 0 Å². The Morgan fingerprint density at radius 2 is 1.82 bits per heavy atom. The van der Waals surface area contributed by atoms with Crippen LogP contribution in [0.5, 0.6) is 5.75 Å². The van der Waals surface area contributed by atoms with Crippen LogP contribution in [0.4, 0.5) is 5.69 Å². The SMILES string of the molecule is CN(C)[C@H]1C(=O)C(C(N)=O)C(=O)[C@]2(O)C(=O)C3C(=O)c4c(O)ccc(-c5cccc([N+](=O)[O-])c5)c4C[C@@H]3C[C@H]12. The minimum absolute atomic E-state index is 0.0538. The van der Waals surface area contributed by atoms with Crippen LogP contribution >= 0.6 is 0 Å². The van der Waals surface area contributed by atoms with Gasteiger partial charge in [-0.05, 0) is 55.6 Å². The number of phenols is 1. The number of hydrogen-bond donors (Lipinski definition) is 3. The maximum Gasteiger partial charge on any atom is 0.270 e. The second-order valence-electron chi connectivity index (χ2n) is 10.6. The molecule has 2 fully saturated rings. The Morgan fingerprint density at radius 1 is 1.13 bits per heavy atom. The van der Waals surface area contributed by atoms with Crippen molar-refractivity contribution in [1.29, 1.82) is 0 Å². The molecule has 2 aromatic carbocycles. The second-order valence-corrected chi connectivity index (χ2v) is 10.6. The molecule has 39 heavy (non-hydrogen) atoms. The van der Waals surface area contributed by atoms with Gasteiger partial charge in [0.25, 0.3) is 5.69 Å². The van der Waals surface area contributed by atoms with Crippen LogP contribution in [0.1, 0.15) is 22.3 Å². The van der Waals surface area contributed by atoms with Gasteiger partial charge >= 0.3 is 0 Å². The molecule has 4 N–H and O–H groups in total. The molecule has 3 aliphatic carbocycles. The van der Waals surface area contributed by atoms with Gasteiger partial charge in [-0.2, -0.15) is 0 Å². The fourth-order valence-corrected chi connectivity index (χ4v) is 6.66. The fourth-order valence-electron chi connectivity index (χ4n) is 6.66. The van der Waals surface area contributed by atoms with Crippen molar-refractivity contribution in [2.75, 3.05) is 14.1 Å². The van der Waals surface area contributed by atoms with Crippen molar-refractivity contribution in [1.82, 2.24) is 4.90 Å². The molecule has 0 aliphatic heterocycles. The number of rotatable bonds is 4. The lowest BCUT2D eigenvalue weighted by atomic mass is 9.52. The van der Waals surface area contributed by atoms with E-state index < -0.39 is 75.0 Å². The van der Waals surface area contributed by atoms with Gasteiger partial charge in [-0.25, -0.2) is 0 Å². The van der Waals surface area contributed by atoms with E-state index in [9.17, 15) is 44.3 Å². The van der Waals surface area contributed by atoms with Crippen LogP contribution in [0.25, 0.3) is 11.1 Å². The Hall–Kier alpha value is -4.29. The minimum Gasteiger partial charge on any atom is -0.507 e. The number of likely N-dealkylation sites (N-methyl/N-ethyl adjacent to an activating group) is 1. The molecule has 0 saturated heterocycles. The third-order valence-electron chi connectivity index (χ3n) is 8.31. The number of carbonyl (C=O) groups excluding carboxylic acids is 5. The molecule has 2 unspecified atom stereocenters. The monoisotopic (exact) mass is 535 g/mol. The van der Waals surface area contributed by atoms with E-state index in [0.717, 1.165) is 0 Å². The Bertz CT molecular complexity index is 1500. The summed E-state index contributed by atoms with van der Waals surface area (Å²) in [5.74, 6) is -11.4. The highest BCUT2D eigenvalue weighted by Gasteiger charge is 2.69. The Kier molecular flexibility index (Phi) is 6.00. The topological polar surface area (TPSA) is 198 Å². The number of nitro benzene ring substituents is 1. The summed E-state index contributed by atoms with van der Waals surface area (Å²) < 4.78 is 0. The van der Waals surface area contributed by atoms with Gasteiger partial charge in [0.05, 0.1) is 22.4 Å². The van der Waals surface area contributed by atoms with Crippen LogP contribution in [0.15, 0.2) is 36.4 Å². The summed E-state index contributed by atoms with van der Waals surface area (Å²) in [6.45, 7) is 0. The van der Waals surface area contributed by atoms with E-state index >= 15 is 0 Å². The van der Waals surface area contributed by atoms with Gasteiger partial charge in [-0.3, -0.25) is 39.0 Å². The summed E-state index contributed by atoms with van der Waals surface area (Å²) in [4.78, 5) is 78.3. The molecule has 1 amide bonds. The summed E-state index contributed by atoms with van der Waals surface area (Å²) in [7, 11) is 3.01. The molecule has 0 radical (unpaired) electrons. The molecule has 0 bridgehead atoms. The standard InChI is InChI=1S/C27H25N3O9/c1-29(2)21-16-10-12-9-15-14(11-4-3-5-13(8-11)30(38)39)6-7-17(31)19(15)22(32)18(12)24(34)27(16,37)25(35)20(23(21)33)26(28)36/h3-8,12,16,18,20-21,31,37H,9-10H2,1-2H3,(H2,28,36)/t12-,16-,18?,20?,21-,27-/m1/s1. The van der Waals surface area contributed by atoms with E-state index in [2.05, 4.69) is 0 Å². The number of amides is 1. The van der Waals surface area contributed by atoms with Crippen LogP contribution in [0, 0.1) is 33.8 Å². The third-order valence-corrected chi connectivity index (χ3v) is 8.31. The van der Waals surface area contributed by atoms with Crippen molar-refractivity contribution in [2.45, 2.75) is 24.5 Å². The predicted molar refractivity (Wildman–Crippen MR) is 133 cm³/mol. The van der Waals surface area contributed by atoms with E-state index in [4.69, 9.17) is 5.73 Å². The van der Waals surface area contributed by atoms with Gasteiger partial charge in [0.1, 0.15) is 5.75 Å². The number of aromatic hydroxyl groups is 1. The number of nitrogens with two attached hydrogens (primary N) is 1.